The molecule has 0 heterocycles. The Morgan fingerprint density at radius 3 is 2.38 bits per heavy atom. The lowest BCUT2D eigenvalue weighted by molar-refractivity contribution is -0.148. The Morgan fingerprint density at radius 1 is 1.12 bits per heavy atom. The summed E-state index contributed by atoms with van der Waals surface area (Å²) >= 11 is 5.82. The number of amides is 1. The smallest absolute Gasteiger partial charge is 0.310 e. The molecule has 0 aliphatic heterocycles. The van der Waals surface area contributed by atoms with E-state index in [9.17, 15) is 14.0 Å². The van der Waals surface area contributed by atoms with Crippen LogP contribution in [0.2, 0.25) is 5.02 Å². The minimum atomic E-state index is -0.545. The topological polar surface area (TPSA) is 55.4 Å². The second-order valence-electron chi connectivity index (χ2n) is 5.30. The van der Waals surface area contributed by atoms with Gasteiger partial charge in [-0.3, -0.25) is 9.59 Å². The zero-order valence-electron chi connectivity index (χ0n) is 13.1. The number of esters is 1. The van der Waals surface area contributed by atoms with E-state index < -0.39 is 11.9 Å². The molecule has 126 valence electrons. The molecule has 0 spiro atoms. The van der Waals surface area contributed by atoms with Crippen molar-refractivity contribution in [1.82, 2.24) is 5.32 Å². The van der Waals surface area contributed by atoms with Crippen molar-refractivity contribution in [2.24, 2.45) is 0 Å². The first-order chi connectivity index (χ1) is 11.4. The van der Waals surface area contributed by atoms with Gasteiger partial charge in [0.2, 0.25) is 0 Å². The summed E-state index contributed by atoms with van der Waals surface area (Å²) in [5, 5.41) is 3.35. The lowest BCUT2D eigenvalue weighted by Gasteiger charge is -2.14. The normalized spacial score (nSPS) is 11.6. The molecule has 1 amide bonds. The molecular formula is C18H17ClFNO3. The minimum absolute atomic E-state index is 0.0136. The van der Waals surface area contributed by atoms with E-state index in [1.54, 1.807) is 12.1 Å². The molecule has 0 saturated carbocycles. The van der Waals surface area contributed by atoms with Crippen LogP contribution in [0.3, 0.4) is 0 Å². The maximum Gasteiger partial charge on any atom is 0.310 e. The average Bonchev–Trinajstić information content (AvgIpc) is 2.55. The predicted octanol–water partition coefficient (Wildman–Crippen LogP) is 3.44. The molecular weight excluding hydrogens is 333 g/mol. The van der Waals surface area contributed by atoms with E-state index in [4.69, 9.17) is 16.3 Å². The predicted molar refractivity (Wildman–Crippen MR) is 89.1 cm³/mol. The molecule has 0 radical (unpaired) electrons. The van der Waals surface area contributed by atoms with Gasteiger partial charge in [0.15, 0.2) is 6.61 Å². The van der Waals surface area contributed by atoms with Gasteiger partial charge < -0.3 is 10.1 Å². The van der Waals surface area contributed by atoms with E-state index in [1.807, 2.05) is 19.1 Å². The maximum atomic E-state index is 12.8. The van der Waals surface area contributed by atoms with Gasteiger partial charge in [-0.15, -0.1) is 0 Å². The molecule has 6 heteroatoms. The summed E-state index contributed by atoms with van der Waals surface area (Å²) in [5.41, 5.74) is 1.52. The third-order valence-electron chi connectivity index (χ3n) is 3.37. The Bertz CT molecular complexity index is 701. The number of carbonyl (C=O) groups is 2. The van der Waals surface area contributed by atoms with Gasteiger partial charge in [-0.25, -0.2) is 4.39 Å². The second kappa shape index (κ2) is 8.45. The van der Waals surface area contributed by atoms with Crippen LogP contribution >= 0.6 is 11.6 Å². The summed E-state index contributed by atoms with van der Waals surface area (Å²) in [4.78, 5) is 23.5. The van der Waals surface area contributed by atoms with Crippen LogP contribution in [0.15, 0.2) is 48.5 Å². The Kier molecular flexibility index (Phi) is 6.32. The quantitative estimate of drug-likeness (QED) is 0.813. The number of nitrogens with one attached hydrogen (secondary N) is 1. The highest BCUT2D eigenvalue weighted by Gasteiger charge is 2.12. The van der Waals surface area contributed by atoms with Crippen LogP contribution < -0.4 is 5.32 Å². The molecule has 1 atom stereocenters. The van der Waals surface area contributed by atoms with Gasteiger partial charge in [-0.2, -0.15) is 0 Å². The van der Waals surface area contributed by atoms with Crippen LogP contribution in [0, 0.1) is 5.82 Å². The standard InChI is InChI=1S/C18H17ClFNO3/c1-12(14-4-6-15(19)7-5-14)21-17(22)11-24-18(23)10-13-2-8-16(20)9-3-13/h2-9,12H,10-11H2,1H3,(H,21,22)/t12-/m1/s1. The van der Waals surface area contributed by atoms with Crippen molar-refractivity contribution in [2.75, 3.05) is 6.61 Å². The molecule has 2 aromatic carbocycles. The third kappa shape index (κ3) is 5.66. The molecule has 0 unspecified atom stereocenters. The first-order valence-corrected chi connectivity index (χ1v) is 7.77. The number of hydrogen-bond acceptors (Lipinski definition) is 3. The van der Waals surface area contributed by atoms with E-state index in [1.165, 1.54) is 24.3 Å². The molecule has 0 saturated heterocycles. The van der Waals surface area contributed by atoms with Crippen molar-refractivity contribution < 1.29 is 18.7 Å². The van der Waals surface area contributed by atoms with Crippen LogP contribution in [-0.4, -0.2) is 18.5 Å². The first-order valence-electron chi connectivity index (χ1n) is 7.39. The van der Waals surface area contributed by atoms with Gasteiger partial charge in [0.25, 0.3) is 5.91 Å². The lowest BCUT2D eigenvalue weighted by atomic mass is 10.1. The fraction of sp³-hybridized carbons (Fsp3) is 0.222. The molecule has 4 nitrogen and oxygen atoms in total. The van der Waals surface area contributed by atoms with Crippen molar-refractivity contribution in [3.8, 4) is 0 Å². The van der Waals surface area contributed by atoms with E-state index in [-0.39, 0.29) is 24.9 Å². The molecule has 0 aromatic heterocycles. The van der Waals surface area contributed by atoms with Crippen LogP contribution in [0.25, 0.3) is 0 Å². The fourth-order valence-corrected chi connectivity index (χ4v) is 2.21. The zero-order chi connectivity index (χ0) is 17.5. The lowest BCUT2D eigenvalue weighted by Crippen LogP contribution is -2.31. The second-order valence-corrected chi connectivity index (χ2v) is 5.74. The summed E-state index contributed by atoms with van der Waals surface area (Å²) in [6.45, 7) is 1.46. The Morgan fingerprint density at radius 2 is 1.75 bits per heavy atom. The minimum Gasteiger partial charge on any atom is -0.455 e. The average molecular weight is 350 g/mol. The molecule has 0 aliphatic rings. The Labute approximate surface area is 144 Å². The highest BCUT2D eigenvalue weighted by Crippen LogP contribution is 2.15. The summed E-state index contributed by atoms with van der Waals surface area (Å²) in [5.74, 6) is -1.32. The van der Waals surface area contributed by atoms with Crippen molar-refractivity contribution in [1.29, 1.82) is 0 Å². The van der Waals surface area contributed by atoms with Crippen molar-refractivity contribution in [2.45, 2.75) is 19.4 Å². The van der Waals surface area contributed by atoms with Crippen molar-refractivity contribution in [3.63, 3.8) is 0 Å². The van der Waals surface area contributed by atoms with E-state index in [0.717, 1.165) is 5.56 Å². The number of carbonyl (C=O) groups excluding carboxylic acids is 2. The fourth-order valence-electron chi connectivity index (χ4n) is 2.08. The van der Waals surface area contributed by atoms with Gasteiger partial charge in [0.05, 0.1) is 12.5 Å². The first kappa shape index (κ1) is 17.9. The number of ether oxygens (including phenoxy) is 1. The summed E-state index contributed by atoms with van der Waals surface area (Å²) < 4.78 is 17.7. The molecule has 0 aliphatic carbocycles. The summed E-state index contributed by atoms with van der Waals surface area (Å²) in [6, 6.07) is 12.4. The zero-order valence-corrected chi connectivity index (χ0v) is 13.8. The highest BCUT2D eigenvalue weighted by molar-refractivity contribution is 6.30. The number of hydrogen-bond donors (Lipinski definition) is 1. The van der Waals surface area contributed by atoms with Crippen molar-refractivity contribution >= 4 is 23.5 Å². The monoisotopic (exact) mass is 349 g/mol. The van der Waals surface area contributed by atoms with Gasteiger partial charge in [-0.05, 0) is 42.3 Å². The molecule has 0 bridgehead atoms. The van der Waals surface area contributed by atoms with Crippen LogP contribution in [0.1, 0.15) is 24.1 Å². The van der Waals surface area contributed by atoms with Gasteiger partial charge >= 0.3 is 5.97 Å². The SMILES string of the molecule is C[C@@H](NC(=O)COC(=O)Cc1ccc(F)cc1)c1ccc(Cl)cc1. The molecule has 24 heavy (non-hydrogen) atoms. The van der Waals surface area contributed by atoms with Gasteiger partial charge in [-0.1, -0.05) is 35.9 Å². The molecule has 2 aromatic rings. The van der Waals surface area contributed by atoms with Gasteiger partial charge in [0.1, 0.15) is 5.82 Å². The Balaban J connectivity index is 1.76. The number of rotatable bonds is 6. The Hall–Kier alpha value is -2.40. The molecule has 0 fully saturated rings. The highest BCUT2D eigenvalue weighted by atomic mass is 35.5. The number of halogens is 2. The van der Waals surface area contributed by atoms with Crippen LogP contribution in [0.5, 0.6) is 0 Å². The van der Waals surface area contributed by atoms with Gasteiger partial charge in [0, 0.05) is 5.02 Å². The largest absolute Gasteiger partial charge is 0.455 e. The third-order valence-corrected chi connectivity index (χ3v) is 3.63. The molecule has 1 N–H and O–H groups in total. The van der Waals surface area contributed by atoms with Crippen molar-refractivity contribution in [3.05, 3.63) is 70.5 Å². The maximum absolute atomic E-state index is 12.8. The summed E-state index contributed by atoms with van der Waals surface area (Å²) in [6.07, 6.45) is -0.0136. The van der Waals surface area contributed by atoms with Crippen LogP contribution in [-0.2, 0) is 20.7 Å². The number of benzene rings is 2. The van der Waals surface area contributed by atoms with E-state index in [2.05, 4.69) is 5.32 Å². The summed E-state index contributed by atoms with van der Waals surface area (Å²) in [7, 11) is 0. The molecule has 2 rings (SSSR count). The van der Waals surface area contributed by atoms with Crippen LogP contribution in [0.4, 0.5) is 4.39 Å². The van der Waals surface area contributed by atoms with E-state index in [0.29, 0.717) is 10.6 Å². The van der Waals surface area contributed by atoms with E-state index >= 15 is 0 Å².